The molecule has 0 aromatic carbocycles. The molecule has 0 saturated carbocycles. The molecule has 0 bridgehead atoms. The van der Waals surface area contributed by atoms with Gasteiger partial charge in [-0.15, -0.1) is 0 Å². The van der Waals surface area contributed by atoms with E-state index in [9.17, 15) is 0 Å². The van der Waals surface area contributed by atoms with Crippen LogP contribution < -0.4 is 5.73 Å². The maximum absolute atomic E-state index is 8.55. The van der Waals surface area contributed by atoms with Gasteiger partial charge in [0.25, 0.3) is 0 Å². The van der Waals surface area contributed by atoms with Crippen LogP contribution in [-0.2, 0) is 0 Å². The molecule has 8 heteroatoms. The minimum atomic E-state index is -0.385. The van der Waals surface area contributed by atoms with Crippen molar-refractivity contribution in [3.8, 4) is 0 Å². The fraction of sp³-hybridized carbons (Fsp3) is 0.211. The van der Waals surface area contributed by atoms with Crippen LogP contribution in [0.2, 0.25) is 0 Å². The van der Waals surface area contributed by atoms with Gasteiger partial charge in [0.15, 0.2) is 0 Å². The Labute approximate surface area is 157 Å². The van der Waals surface area contributed by atoms with Crippen molar-refractivity contribution in [3.05, 3.63) is 53.1 Å². The van der Waals surface area contributed by atoms with Crippen LogP contribution in [0.5, 0.6) is 0 Å². The van der Waals surface area contributed by atoms with Gasteiger partial charge < -0.3 is 16.6 Å². The maximum atomic E-state index is 8.55. The van der Waals surface area contributed by atoms with Gasteiger partial charge in [0.1, 0.15) is 0 Å². The van der Waals surface area contributed by atoms with Gasteiger partial charge in [-0.05, 0) is 18.2 Å². The molecule has 0 spiro atoms. The standard InChI is InChI=1S/C19H22N8/c1-24-9-12(7-20)16-4-3-5-17(27-16)19(23)14-6-18(26-11-15(14)22)13(8-21)10-25-2/h3-13,20-21,23H,22H2,1-2H3. The van der Waals surface area contributed by atoms with E-state index in [1.165, 1.54) is 18.6 Å². The van der Waals surface area contributed by atoms with Crippen molar-refractivity contribution < 1.29 is 0 Å². The molecule has 0 radical (unpaired) electrons. The smallest absolute Gasteiger partial charge is 0.0890 e. The molecule has 0 amide bonds. The van der Waals surface area contributed by atoms with Crippen LogP contribution in [0.25, 0.3) is 0 Å². The number of nitrogens with one attached hydrogen (secondary N) is 3. The van der Waals surface area contributed by atoms with Gasteiger partial charge in [0, 0.05) is 44.5 Å². The first-order valence-electron chi connectivity index (χ1n) is 8.23. The maximum Gasteiger partial charge on any atom is 0.0890 e. The lowest BCUT2D eigenvalue weighted by atomic mass is 10.00. The van der Waals surface area contributed by atoms with Crippen LogP contribution in [0.4, 0.5) is 5.69 Å². The summed E-state index contributed by atoms with van der Waals surface area (Å²) in [5, 5.41) is 23.6. The zero-order chi connectivity index (χ0) is 19.8. The second-order valence-corrected chi connectivity index (χ2v) is 5.72. The Hall–Kier alpha value is -3.55. The summed E-state index contributed by atoms with van der Waals surface area (Å²) in [7, 11) is 3.27. The van der Waals surface area contributed by atoms with Gasteiger partial charge >= 0.3 is 0 Å². The van der Waals surface area contributed by atoms with E-state index in [0.717, 1.165) is 0 Å². The van der Waals surface area contributed by atoms with Crippen LogP contribution in [0.3, 0.4) is 0 Å². The largest absolute Gasteiger partial charge is 0.397 e. The average Bonchev–Trinajstić information content (AvgIpc) is 2.70. The van der Waals surface area contributed by atoms with Crippen molar-refractivity contribution in [1.29, 1.82) is 16.2 Å². The molecule has 2 unspecified atom stereocenters. The van der Waals surface area contributed by atoms with Crippen molar-refractivity contribution in [1.82, 2.24) is 9.97 Å². The number of nitrogens with zero attached hydrogens (tertiary/aromatic N) is 4. The number of rotatable bonds is 8. The van der Waals surface area contributed by atoms with Gasteiger partial charge in [-0.2, -0.15) is 0 Å². The number of aromatic nitrogens is 2. The molecule has 27 heavy (non-hydrogen) atoms. The van der Waals surface area contributed by atoms with E-state index in [4.69, 9.17) is 22.0 Å². The fourth-order valence-electron chi connectivity index (χ4n) is 2.53. The molecule has 0 aliphatic heterocycles. The van der Waals surface area contributed by atoms with Crippen molar-refractivity contribution in [2.75, 3.05) is 19.8 Å². The second-order valence-electron chi connectivity index (χ2n) is 5.72. The topological polar surface area (TPSA) is 148 Å². The summed E-state index contributed by atoms with van der Waals surface area (Å²) in [6.45, 7) is 0. The molecular weight excluding hydrogens is 340 g/mol. The number of nitrogens with two attached hydrogens (primary N) is 1. The van der Waals surface area contributed by atoms with Gasteiger partial charge in [0.2, 0.25) is 0 Å². The third-order valence-corrected chi connectivity index (χ3v) is 3.91. The summed E-state index contributed by atoms with van der Waals surface area (Å²) in [5.41, 5.74) is 8.66. The van der Waals surface area contributed by atoms with Crippen LogP contribution in [0.15, 0.2) is 40.4 Å². The molecule has 5 N–H and O–H groups in total. The van der Waals surface area contributed by atoms with Crippen molar-refractivity contribution >= 4 is 36.3 Å². The first kappa shape index (κ1) is 19.8. The molecule has 0 aliphatic rings. The monoisotopic (exact) mass is 362 g/mol. The molecule has 2 heterocycles. The Bertz CT molecular complexity index is 900. The van der Waals surface area contributed by atoms with Gasteiger partial charge in [-0.3, -0.25) is 25.4 Å². The van der Waals surface area contributed by atoms with Crippen LogP contribution in [0, 0.1) is 16.2 Å². The van der Waals surface area contributed by atoms with Gasteiger partial charge in [0.05, 0.1) is 46.5 Å². The normalized spacial score (nSPS) is 13.6. The fourth-order valence-corrected chi connectivity index (χ4v) is 2.53. The van der Waals surface area contributed by atoms with E-state index >= 15 is 0 Å². The first-order chi connectivity index (χ1) is 13.0. The molecule has 8 nitrogen and oxygen atoms in total. The van der Waals surface area contributed by atoms with E-state index < -0.39 is 0 Å². The Morgan fingerprint density at radius 2 is 1.70 bits per heavy atom. The van der Waals surface area contributed by atoms with E-state index in [0.29, 0.717) is 28.3 Å². The summed E-state index contributed by atoms with van der Waals surface area (Å²) in [6.07, 6.45) is 7.20. The van der Waals surface area contributed by atoms with Crippen molar-refractivity contribution in [2.24, 2.45) is 9.98 Å². The number of hydrogen-bond donors (Lipinski definition) is 4. The minimum Gasteiger partial charge on any atom is -0.397 e. The number of pyridine rings is 2. The molecule has 2 atom stereocenters. The highest BCUT2D eigenvalue weighted by Crippen LogP contribution is 2.20. The lowest BCUT2D eigenvalue weighted by Crippen LogP contribution is -2.13. The molecule has 0 saturated heterocycles. The van der Waals surface area contributed by atoms with Crippen molar-refractivity contribution in [3.63, 3.8) is 0 Å². The molecular formula is C19H22N8. The molecule has 2 aromatic heterocycles. The SMILES string of the molecule is CN=CC(C=N)c1cc(C(=N)c2cccc(C(C=N)C=NC)n2)c(N)cn1. The molecule has 138 valence electrons. The van der Waals surface area contributed by atoms with E-state index in [2.05, 4.69) is 20.0 Å². The number of aliphatic imine (C=N–C) groups is 2. The predicted molar refractivity (Wildman–Crippen MR) is 111 cm³/mol. The zero-order valence-corrected chi connectivity index (χ0v) is 15.2. The van der Waals surface area contributed by atoms with E-state index in [-0.39, 0.29) is 17.5 Å². The predicted octanol–water partition coefficient (Wildman–Crippen LogP) is 2.34. The summed E-state index contributed by atoms with van der Waals surface area (Å²) in [5.74, 6) is -0.735. The lowest BCUT2D eigenvalue weighted by molar-refractivity contribution is 1.07. The number of hydrogen-bond acceptors (Lipinski definition) is 8. The summed E-state index contributed by atoms with van der Waals surface area (Å²) in [4.78, 5) is 16.7. The Morgan fingerprint density at radius 3 is 2.30 bits per heavy atom. The highest BCUT2D eigenvalue weighted by Gasteiger charge is 2.16. The highest BCUT2D eigenvalue weighted by molar-refractivity contribution is 6.13. The number of nitrogen functional groups attached to an aromatic ring is 1. The second kappa shape index (κ2) is 9.23. The average molecular weight is 362 g/mol. The first-order valence-corrected chi connectivity index (χ1v) is 8.23. The molecule has 2 aromatic rings. The summed E-state index contributed by atoms with van der Waals surface area (Å²) in [6, 6.07) is 6.98. The Balaban J connectivity index is 2.46. The third kappa shape index (κ3) is 4.55. The summed E-state index contributed by atoms with van der Waals surface area (Å²) >= 11 is 0. The highest BCUT2D eigenvalue weighted by atomic mass is 14.8. The number of anilines is 1. The van der Waals surface area contributed by atoms with Crippen LogP contribution in [0.1, 0.15) is 34.5 Å². The zero-order valence-electron chi connectivity index (χ0n) is 15.2. The van der Waals surface area contributed by atoms with Crippen molar-refractivity contribution in [2.45, 2.75) is 11.8 Å². The summed E-state index contributed by atoms with van der Waals surface area (Å²) < 4.78 is 0. The molecule has 0 fully saturated rings. The molecule has 0 aliphatic carbocycles. The van der Waals surface area contributed by atoms with Gasteiger partial charge in [-0.1, -0.05) is 6.07 Å². The quantitative estimate of drug-likeness (QED) is 0.534. The minimum absolute atomic E-state index is 0.146. The van der Waals surface area contributed by atoms with Gasteiger partial charge in [-0.25, -0.2) is 0 Å². The molecule has 2 rings (SSSR count). The lowest BCUT2D eigenvalue weighted by Gasteiger charge is -2.13. The van der Waals surface area contributed by atoms with E-state index in [1.807, 2.05) is 0 Å². The Kier molecular flexibility index (Phi) is 6.76. The Morgan fingerprint density at radius 1 is 1.07 bits per heavy atom. The van der Waals surface area contributed by atoms with Crippen LogP contribution in [-0.4, -0.2) is 54.6 Å². The van der Waals surface area contributed by atoms with Crippen LogP contribution >= 0.6 is 0 Å². The van der Waals surface area contributed by atoms with E-state index in [1.54, 1.807) is 50.8 Å². The third-order valence-electron chi connectivity index (χ3n) is 3.91.